The molecule has 0 aliphatic heterocycles. The summed E-state index contributed by atoms with van der Waals surface area (Å²) in [5.74, 6) is 1.37. The molecule has 18 heavy (non-hydrogen) atoms. The molecule has 0 bridgehead atoms. The Morgan fingerprint density at radius 3 is 2.94 bits per heavy atom. The molecule has 1 aromatic carbocycles. The Labute approximate surface area is 101 Å². The van der Waals surface area contributed by atoms with E-state index in [4.69, 9.17) is 10.9 Å². The molecular weight excluding hydrogens is 232 g/mol. The van der Waals surface area contributed by atoms with Gasteiger partial charge in [0.05, 0.1) is 11.0 Å². The van der Waals surface area contributed by atoms with Crippen molar-refractivity contribution in [2.75, 3.05) is 0 Å². The lowest BCUT2D eigenvalue weighted by Crippen LogP contribution is -2.12. The second-order valence-corrected chi connectivity index (χ2v) is 3.74. The third kappa shape index (κ3) is 1.58. The smallest absolute Gasteiger partial charge is 0.174 e. The van der Waals surface area contributed by atoms with E-state index in [0.717, 1.165) is 11.0 Å². The maximum Gasteiger partial charge on any atom is 0.174 e. The predicted molar refractivity (Wildman–Crippen MR) is 66.2 cm³/mol. The number of hydrogen-bond donors (Lipinski definition) is 4. The zero-order valence-electron chi connectivity index (χ0n) is 9.25. The van der Waals surface area contributed by atoms with Gasteiger partial charge >= 0.3 is 0 Å². The van der Waals surface area contributed by atoms with Gasteiger partial charge in [-0.25, -0.2) is 9.97 Å². The van der Waals surface area contributed by atoms with Crippen LogP contribution in [0, 0.1) is 0 Å². The molecule has 7 heteroatoms. The average Bonchev–Trinajstić information content (AvgIpc) is 3.04. The van der Waals surface area contributed by atoms with Gasteiger partial charge in [-0.1, -0.05) is 5.16 Å². The van der Waals surface area contributed by atoms with Crippen LogP contribution in [-0.2, 0) is 0 Å². The first-order valence-electron chi connectivity index (χ1n) is 5.25. The highest BCUT2D eigenvalue weighted by atomic mass is 16.4. The lowest BCUT2D eigenvalue weighted by Gasteiger charge is -1.96. The Morgan fingerprint density at radius 2 is 2.22 bits per heavy atom. The number of aromatic nitrogens is 4. The van der Waals surface area contributed by atoms with E-state index in [0.29, 0.717) is 17.2 Å². The standard InChI is InChI=1S/C11H10N6O/c12-9(17-18)6-1-2-7-8(5-6)16-11(15-7)10-13-3-4-14-10/h1-5,18H,(H2,12,17)(H,13,14)(H,15,16). The quantitative estimate of drug-likeness (QED) is 0.232. The van der Waals surface area contributed by atoms with Gasteiger partial charge in [0.25, 0.3) is 0 Å². The minimum Gasteiger partial charge on any atom is -0.409 e. The summed E-state index contributed by atoms with van der Waals surface area (Å²) in [6.07, 6.45) is 3.38. The summed E-state index contributed by atoms with van der Waals surface area (Å²) >= 11 is 0. The van der Waals surface area contributed by atoms with E-state index in [1.165, 1.54) is 0 Å². The molecule has 0 saturated carbocycles. The maximum absolute atomic E-state index is 8.64. The number of rotatable bonds is 2. The van der Waals surface area contributed by atoms with Crippen molar-refractivity contribution in [3.05, 3.63) is 36.2 Å². The lowest BCUT2D eigenvalue weighted by atomic mass is 10.2. The molecular formula is C11H10N6O. The molecule has 3 rings (SSSR count). The van der Waals surface area contributed by atoms with Crippen molar-refractivity contribution >= 4 is 16.9 Å². The normalized spacial score (nSPS) is 12.1. The molecule has 0 spiro atoms. The molecule has 0 fully saturated rings. The van der Waals surface area contributed by atoms with Gasteiger partial charge in [0.1, 0.15) is 0 Å². The van der Waals surface area contributed by atoms with E-state index in [9.17, 15) is 0 Å². The van der Waals surface area contributed by atoms with Crippen molar-refractivity contribution in [2.45, 2.75) is 0 Å². The van der Waals surface area contributed by atoms with Crippen LogP contribution in [0.15, 0.2) is 35.7 Å². The van der Waals surface area contributed by atoms with Gasteiger partial charge in [-0.05, 0) is 18.2 Å². The van der Waals surface area contributed by atoms with Gasteiger partial charge in [-0.15, -0.1) is 0 Å². The highest BCUT2D eigenvalue weighted by Crippen LogP contribution is 2.18. The molecule has 2 aromatic heterocycles. The topological polar surface area (TPSA) is 116 Å². The number of aromatic amines is 2. The average molecular weight is 242 g/mol. The molecule has 90 valence electrons. The molecule has 5 N–H and O–H groups in total. The fraction of sp³-hybridized carbons (Fsp3) is 0. The molecule has 0 unspecified atom stereocenters. The van der Waals surface area contributed by atoms with Gasteiger partial charge in [0.2, 0.25) is 0 Å². The van der Waals surface area contributed by atoms with Crippen LogP contribution in [0.4, 0.5) is 0 Å². The number of benzene rings is 1. The van der Waals surface area contributed by atoms with Crippen LogP contribution < -0.4 is 5.73 Å². The summed E-state index contributed by atoms with van der Waals surface area (Å²) in [5, 5.41) is 11.6. The molecule has 0 aliphatic carbocycles. The summed E-state index contributed by atoms with van der Waals surface area (Å²) in [7, 11) is 0. The van der Waals surface area contributed by atoms with Crippen molar-refractivity contribution in [1.82, 2.24) is 19.9 Å². The molecule has 0 aliphatic rings. The highest BCUT2D eigenvalue weighted by molar-refractivity contribution is 5.99. The molecule has 2 heterocycles. The number of hydrogen-bond acceptors (Lipinski definition) is 4. The first-order chi connectivity index (χ1) is 8.78. The van der Waals surface area contributed by atoms with Crippen LogP contribution in [0.5, 0.6) is 0 Å². The Bertz CT molecular complexity index is 712. The molecule has 0 radical (unpaired) electrons. The number of nitrogens with one attached hydrogen (secondary N) is 2. The molecule has 0 atom stereocenters. The highest BCUT2D eigenvalue weighted by Gasteiger charge is 2.08. The van der Waals surface area contributed by atoms with Crippen molar-refractivity contribution in [3.63, 3.8) is 0 Å². The summed E-state index contributed by atoms with van der Waals surface area (Å²) in [6.45, 7) is 0. The SMILES string of the molecule is N/C(=N\O)c1ccc2nc(-c3ncc[nH]3)[nH]c2c1. The van der Waals surface area contributed by atoms with Crippen LogP contribution in [0.25, 0.3) is 22.7 Å². The number of fused-ring (bicyclic) bond motifs is 1. The molecule has 3 aromatic rings. The number of H-pyrrole nitrogens is 2. The van der Waals surface area contributed by atoms with Crippen molar-refractivity contribution in [3.8, 4) is 11.6 Å². The number of nitrogens with two attached hydrogens (primary N) is 1. The molecule has 7 nitrogen and oxygen atoms in total. The van der Waals surface area contributed by atoms with Crippen molar-refractivity contribution in [2.24, 2.45) is 10.9 Å². The Balaban J connectivity index is 2.13. The predicted octanol–water partition coefficient (Wildman–Crippen LogP) is 1.05. The lowest BCUT2D eigenvalue weighted by molar-refractivity contribution is 0.318. The summed E-state index contributed by atoms with van der Waals surface area (Å²) in [5.41, 5.74) is 7.74. The monoisotopic (exact) mass is 242 g/mol. The van der Waals surface area contributed by atoms with Gasteiger partial charge in [0.15, 0.2) is 17.5 Å². The van der Waals surface area contributed by atoms with Crippen LogP contribution in [-0.4, -0.2) is 31.0 Å². The third-order valence-electron chi connectivity index (χ3n) is 2.61. The summed E-state index contributed by atoms with van der Waals surface area (Å²) in [4.78, 5) is 14.6. The molecule has 0 amide bonds. The van der Waals surface area contributed by atoms with Crippen LogP contribution in [0.2, 0.25) is 0 Å². The zero-order chi connectivity index (χ0) is 12.5. The van der Waals surface area contributed by atoms with Gasteiger partial charge in [-0.3, -0.25) is 0 Å². The van der Waals surface area contributed by atoms with Crippen LogP contribution >= 0.6 is 0 Å². The van der Waals surface area contributed by atoms with Crippen LogP contribution in [0.3, 0.4) is 0 Å². The minimum atomic E-state index is 0.0612. The zero-order valence-corrected chi connectivity index (χ0v) is 9.25. The second-order valence-electron chi connectivity index (χ2n) is 3.74. The Morgan fingerprint density at radius 1 is 1.33 bits per heavy atom. The number of amidine groups is 1. The van der Waals surface area contributed by atoms with E-state index in [1.54, 1.807) is 30.6 Å². The fourth-order valence-corrected chi connectivity index (χ4v) is 1.73. The van der Waals surface area contributed by atoms with Gasteiger partial charge < -0.3 is 20.9 Å². The maximum atomic E-state index is 8.64. The Hall–Kier alpha value is -2.83. The minimum absolute atomic E-state index is 0.0612. The van der Waals surface area contributed by atoms with Crippen molar-refractivity contribution < 1.29 is 5.21 Å². The second kappa shape index (κ2) is 3.88. The summed E-state index contributed by atoms with van der Waals surface area (Å²) in [6, 6.07) is 5.31. The van der Waals surface area contributed by atoms with E-state index in [2.05, 4.69) is 25.1 Å². The first kappa shape index (κ1) is 10.3. The van der Waals surface area contributed by atoms with Crippen LogP contribution in [0.1, 0.15) is 5.56 Å². The van der Waals surface area contributed by atoms with Gasteiger partial charge in [0, 0.05) is 18.0 Å². The van der Waals surface area contributed by atoms with E-state index in [1.807, 2.05) is 0 Å². The van der Waals surface area contributed by atoms with Gasteiger partial charge in [-0.2, -0.15) is 0 Å². The van der Waals surface area contributed by atoms with E-state index in [-0.39, 0.29) is 5.84 Å². The number of imidazole rings is 2. The van der Waals surface area contributed by atoms with E-state index >= 15 is 0 Å². The largest absolute Gasteiger partial charge is 0.409 e. The molecule has 0 saturated heterocycles. The Kier molecular flexibility index (Phi) is 2.23. The first-order valence-corrected chi connectivity index (χ1v) is 5.25. The number of oxime groups is 1. The third-order valence-corrected chi connectivity index (χ3v) is 2.61. The summed E-state index contributed by atoms with van der Waals surface area (Å²) < 4.78 is 0. The van der Waals surface area contributed by atoms with Crippen molar-refractivity contribution in [1.29, 1.82) is 0 Å². The number of nitrogens with zero attached hydrogens (tertiary/aromatic N) is 3. The van der Waals surface area contributed by atoms with E-state index < -0.39 is 0 Å². The fourth-order valence-electron chi connectivity index (χ4n) is 1.73.